The fourth-order valence-electron chi connectivity index (χ4n) is 2.82. The summed E-state index contributed by atoms with van der Waals surface area (Å²) in [4.78, 5) is 0. The molecule has 1 unspecified atom stereocenters. The normalized spacial score (nSPS) is 18.8. The zero-order valence-electron chi connectivity index (χ0n) is 11.4. The van der Waals surface area contributed by atoms with Crippen LogP contribution in [0.2, 0.25) is 0 Å². The lowest BCUT2D eigenvalue weighted by Gasteiger charge is -2.28. The Kier molecular flexibility index (Phi) is 3.85. The zero-order valence-corrected chi connectivity index (χ0v) is 11.4. The standard InChI is InChI=1S/C16H21NO2/c1-12(13-6-8-18-9-7-13)17-10-14-11-19-16-5-3-2-4-15(14)16/h2-5,11-13,17H,6-10H2,1H3. The summed E-state index contributed by atoms with van der Waals surface area (Å²) in [6.45, 7) is 4.96. The molecule has 1 N–H and O–H groups in total. The van der Waals surface area contributed by atoms with E-state index in [1.54, 1.807) is 0 Å². The van der Waals surface area contributed by atoms with Crippen LogP contribution in [0.1, 0.15) is 25.3 Å². The van der Waals surface area contributed by atoms with Gasteiger partial charge in [0.1, 0.15) is 5.58 Å². The first-order valence-corrected chi connectivity index (χ1v) is 7.11. The predicted molar refractivity (Wildman–Crippen MR) is 76.1 cm³/mol. The molecule has 1 aliphatic rings. The molecule has 1 saturated heterocycles. The van der Waals surface area contributed by atoms with Gasteiger partial charge in [-0.3, -0.25) is 0 Å². The minimum atomic E-state index is 0.526. The third-order valence-corrected chi connectivity index (χ3v) is 4.15. The minimum absolute atomic E-state index is 0.526. The zero-order chi connectivity index (χ0) is 13.1. The molecule has 2 aromatic rings. The molecule has 0 spiro atoms. The number of benzene rings is 1. The number of para-hydroxylation sites is 1. The first kappa shape index (κ1) is 12.7. The van der Waals surface area contributed by atoms with Crippen LogP contribution in [0, 0.1) is 5.92 Å². The Hall–Kier alpha value is -1.32. The molecule has 0 bridgehead atoms. The maximum absolute atomic E-state index is 5.57. The van der Waals surface area contributed by atoms with Crippen molar-refractivity contribution < 1.29 is 9.15 Å². The summed E-state index contributed by atoms with van der Waals surface area (Å²) < 4.78 is 11.0. The Bertz CT molecular complexity index is 528. The third kappa shape index (κ3) is 2.82. The summed E-state index contributed by atoms with van der Waals surface area (Å²) in [6, 6.07) is 8.73. The van der Waals surface area contributed by atoms with E-state index in [0.29, 0.717) is 6.04 Å². The van der Waals surface area contributed by atoms with Crippen LogP contribution in [0.25, 0.3) is 11.0 Å². The summed E-state index contributed by atoms with van der Waals surface area (Å²) in [6.07, 6.45) is 4.20. The highest BCUT2D eigenvalue weighted by molar-refractivity contribution is 5.80. The van der Waals surface area contributed by atoms with Crippen LogP contribution in [0.4, 0.5) is 0 Å². The Balaban J connectivity index is 1.62. The van der Waals surface area contributed by atoms with Gasteiger partial charge in [0, 0.05) is 36.8 Å². The SMILES string of the molecule is CC(NCc1coc2ccccc12)C1CCOCC1. The molecule has 1 aliphatic heterocycles. The van der Waals surface area contributed by atoms with E-state index in [4.69, 9.17) is 9.15 Å². The van der Waals surface area contributed by atoms with Crippen LogP contribution in [-0.2, 0) is 11.3 Å². The Morgan fingerprint density at radius 2 is 2.05 bits per heavy atom. The summed E-state index contributed by atoms with van der Waals surface area (Å²) in [5.74, 6) is 0.729. The quantitative estimate of drug-likeness (QED) is 0.914. The van der Waals surface area contributed by atoms with Gasteiger partial charge in [-0.25, -0.2) is 0 Å². The van der Waals surface area contributed by atoms with Crippen molar-refractivity contribution in [1.82, 2.24) is 5.32 Å². The number of ether oxygens (including phenoxy) is 1. The van der Waals surface area contributed by atoms with E-state index < -0.39 is 0 Å². The van der Waals surface area contributed by atoms with Crippen molar-refractivity contribution in [2.45, 2.75) is 32.4 Å². The van der Waals surface area contributed by atoms with Crippen molar-refractivity contribution in [2.75, 3.05) is 13.2 Å². The molecule has 3 rings (SSSR count). The summed E-state index contributed by atoms with van der Waals surface area (Å²) in [5.41, 5.74) is 2.22. The van der Waals surface area contributed by atoms with Crippen molar-refractivity contribution in [3.05, 3.63) is 36.1 Å². The van der Waals surface area contributed by atoms with Gasteiger partial charge in [-0.2, -0.15) is 0 Å². The third-order valence-electron chi connectivity index (χ3n) is 4.15. The van der Waals surface area contributed by atoms with Crippen LogP contribution in [0.15, 0.2) is 34.9 Å². The molecule has 0 saturated carbocycles. The van der Waals surface area contributed by atoms with Gasteiger partial charge >= 0.3 is 0 Å². The van der Waals surface area contributed by atoms with Crippen molar-refractivity contribution in [3.63, 3.8) is 0 Å². The second kappa shape index (κ2) is 5.76. The number of nitrogens with one attached hydrogen (secondary N) is 1. The minimum Gasteiger partial charge on any atom is -0.464 e. The molecule has 3 nitrogen and oxygen atoms in total. The summed E-state index contributed by atoms with van der Waals surface area (Å²) in [5, 5.41) is 4.85. The van der Waals surface area contributed by atoms with E-state index in [2.05, 4.69) is 24.4 Å². The Labute approximate surface area is 113 Å². The highest BCUT2D eigenvalue weighted by Gasteiger charge is 2.20. The molecule has 1 fully saturated rings. The lowest BCUT2D eigenvalue weighted by molar-refractivity contribution is 0.0558. The molecule has 0 radical (unpaired) electrons. The molecular weight excluding hydrogens is 238 g/mol. The molecular formula is C16H21NO2. The first-order valence-electron chi connectivity index (χ1n) is 7.11. The summed E-state index contributed by atoms with van der Waals surface area (Å²) in [7, 11) is 0. The highest BCUT2D eigenvalue weighted by atomic mass is 16.5. The maximum atomic E-state index is 5.57. The second-order valence-electron chi connectivity index (χ2n) is 5.38. The van der Waals surface area contributed by atoms with E-state index in [-0.39, 0.29) is 0 Å². The van der Waals surface area contributed by atoms with Crippen molar-refractivity contribution in [1.29, 1.82) is 0 Å². The predicted octanol–water partition coefficient (Wildman–Crippen LogP) is 3.34. The topological polar surface area (TPSA) is 34.4 Å². The Morgan fingerprint density at radius 3 is 2.89 bits per heavy atom. The Morgan fingerprint density at radius 1 is 1.26 bits per heavy atom. The van der Waals surface area contributed by atoms with Crippen LogP contribution in [0.3, 0.4) is 0 Å². The van der Waals surface area contributed by atoms with Gasteiger partial charge in [-0.05, 0) is 31.7 Å². The van der Waals surface area contributed by atoms with Crippen LogP contribution in [-0.4, -0.2) is 19.3 Å². The molecule has 102 valence electrons. The van der Waals surface area contributed by atoms with Gasteiger partial charge in [0.15, 0.2) is 0 Å². The maximum Gasteiger partial charge on any atom is 0.134 e. The first-order chi connectivity index (χ1) is 9.34. The van der Waals surface area contributed by atoms with Gasteiger partial charge in [0.05, 0.1) is 6.26 Å². The van der Waals surface area contributed by atoms with Gasteiger partial charge in [-0.15, -0.1) is 0 Å². The van der Waals surface area contributed by atoms with Crippen molar-refractivity contribution in [3.8, 4) is 0 Å². The molecule has 0 aliphatic carbocycles. The monoisotopic (exact) mass is 259 g/mol. The van der Waals surface area contributed by atoms with Crippen molar-refractivity contribution in [2.24, 2.45) is 5.92 Å². The molecule has 2 heterocycles. The number of furan rings is 1. The van der Waals surface area contributed by atoms with Crippen LogP contribution >= 0.6 is 0 Å². The van der Waals surface area contributed by atoms with Crippen LogP contribution in [0.5, 0.6) is 0 Å². The van der Waals surface area contributed by atoms with Gasteiger partial charge in [0.2, 0.25) is 0 Å². The van der Waals surface area contributed by atoms with Gasteiger partial charge in [-0.1, -0.05) is 18.2 Å². The van der Waals surface area contributed by atoms with E-state index in [9.17, 15) is 0 Å². The molecule has 1 atom stereocenters. The van der Waals surface area contributed by atoms with Gasteiger partial charge in [0.25, 0.3) is 0 Å². The smallest absolute Gasteiger partial charge is 0.134 e. The molecule has 1 aromatic carbocycles. The average molecular weight is 259 g/mol. The lowest BCUT2D eigenvalue weighted by Crippen LogP contribution is -2.36. The largest absolute Gasteiger partial charge is 0.464 e. The number of hydrogen-bond donors (Lipinski definition) is 1. The second-order valence-corrected chi connectivity index (χ2v) is 5.38. The highest BCUT2D eigenvalue weighted by Crippen LogP contribution is 2.22. The van der Waals surface area contributed by atoms with E-state index in [0.717, 1.165) is 31.3 Å². The number of rotatable bonds is 4. The number of fused-ring (bicyclic) bond motifs is 1. The van der Waals surface area contributed by atoms with E-state index in [1.807, 2.05) is 18.4 Å². The fraction of sp³-hybridized carbons (Fsp3) is 0.500. The lowest BCUT2D eigenvalue weighted by atomic mass is 9.93. The summed E-state index contributed by atoms with van der Waals surface area (Å²) >= 11 is 0. The van der Waals surface area contributed by atoms with Crippen LogP contribution < -0.4 is 5.32 Å². The van der Waals surface area contributed by atoms with Gasteiger partial charge < -0.3 is 14.5 Å². The molecule has 0 amide bonds. The molecule has 3 heteroatoms. The number of hydrogen-bond acceptors (Lipinski definition) is 3. The average Bonchev–Trinajstić information content (AvgIpc) is 2.89. The fourth-order valence-corrected chi connectivity index (χ4v) is 2.82. The molecule has 1 aromatic heterocycles. The van der Waals surface area contributed by atoms with Crippen molar-refractivity contribution >= 4 is 11.0 Å². The van der Waals surface area contributed by atoms with E-state index in [1.165, 1.54) is 23.8 Å². The van der Waals surface area contributed by atoms with E-state index >= 15 is 0 Å². The molecule has 19 heavy (non-hydrogen) atoms.